The highest BCUT2D eigenvalue weighted by Crippen LogP contribution is 2.39. The van der Waals surface area contributed by atoms with Gasteiger partial charge in [0, 0.05) is 23.8 Å². The second kappa shape index (κ2) is 10.3. The molecule has 0 atom stereocenters. The Morgan fingerprint density at radius 1 is 1.12 bits per heavy atom. The molecule has 1 aliphatic rings. The molecule has 0 unspecified atom stereocenters. The van der Waals surface area contributed by atoms with Crippen LogP contribution in [-0.2, 0) is 6.42 Å². The topological polar surface area (TPSA) is 63.6 Å². The minimum Gasteiger partial charge on any atom is -0.491 e. The van der Waals surface area contributed by atoms with Crippen molar-refractivity contribution in [3.8, 4) is 22.8 Å². The van der Waals surface area contributed by atoms with E-state index in [0.29, 0.717) is 54.7 Å². The van der Waals surface area contributed by atoms with Gasteiger partial charge < -0.3 is 19.3 Å². The lowest BCUT2D eigenvalue weighted by Gasteiger charge is -2.34. The predicted octanol–water partition coefficient (Wildman–Crippen LogP) is 3.96. The molecule has 34 heavy (non-hydrogen) atoms. The van der Waals surface area contributed by atoms with Gasteiger partial charge in [0.2, 0.25) is 0 Å². The van der Waals surface area contributed by atoms with Crippen LogP contribution >= 0.6 is 0 Å². The van der Waals surface area contributed by atoms with Crippen LogP contribution in [-0.4, -0.2) is 66.3 Å². The van der Waals surface area contributed by atoms with Crippen molar-refractivity contribution in [2.24, 2.45) is 0 Å². The summed E-state index contributed by atoms with van der Waals surface area (Å²) < 4.78 is 40.8. The van der Waals surface area contributed by atoms with Gasteiger partial charge in [0.15, 0.2) is 17.4 Å². The molecule has 0 saturated heterocycles. The van der Waals surface area contributed by atoms with Gasteiger partial charge in [-0.15, -0.1) is 0 Å². The van der Waals surface area contributed by atoms with Gasteiger partial charge in [-0.05, 0) is 52.2 Å². The van der Waals surface area contributed by atoms with E-state index >= 15 is 0 Å². The molecule has 1 aliphatic heterocycles. The molecule has 0 spiro atoms. The average molecular weight is 470 g/mol. The minimum absolute atomic E-state index is 0.0459. The van der Waals surface area contributed by atoms with E-state index in [1.807, 2.05) is 49.9 Å². The predicted molar refractivity (Wildman–Crippen MR) is 126 cm³/mol. The molecule has 4 rings (SSSR count). The largest absolute Gasteiger partial charge is 0.491 e. The molecule has 0 radical (unpaired) electrons. The van der Waals surface area contributed by atoms with Crippen molar-refractivity contribution in [2.45, 2.75) is 26.3 Å². The fourth-order valence-electron chi connectivity index (χ4n) is 3.77. The van der Waals surface area contributed by atoms with Crippen LogP contribution in [0.5, 0.6) is 11.5 Å². The van der Waals surface area contributed by atoms with Gasteiger partial charge >= 0.3 is 0 Å². The first-order valence-electron chi connectivity index (χ1n) is 11.3. The van der Waals surface area contributed by atoms with Crippen LogP contribution in [0.15, 0.2) is 36.7 Å². The number of hydrogen-bond donors (Lipinski definition) is 0. The molecular weight excluding hydrogens is 440 g/mol. The summed E-state index contributed by atoms with van der Waals surface area (Å²) in [6, 6.07) is 6.79. The SMILES string of the molecule is CC(C)N1CCOc2c(F)cc(-c3nc(Cc4ccc(OCCN(C)C)cn4)ncc3F)cc21. The molecule has 9 heteroatoms. The monoisotopic (exact) mass is 469 g/mol. The maximum Gasteiger partial charge on any atom is 0.178 e. The Labute approximate surface area is 198 Å². The second-order valence-electron chi connectivity index (χ2n) is 8.74. The Morgan fingerprint density at radius 3 is 2.65 bits per heavy atom. The van der Waals surface area contributed by atoms with Crippen molar-refractivity contribution < 1.29 is 18.3 Å². The Morgan fingerprint density at radius 2 is 1.94 bits per heavy atom. The first-order chi connectivity index (χ1) is 16.3. The fraction of sp³-hybridized carbons (Fsp3) is 0.400. The number of benzene rings is 1. The van der Waals surface area contributed by atoms with Crippen molar-refractivity contribution in [1.82, 2.24) is 19.9 Å². The van der Waals surface area contributed by atoms with E-state index in [1.165, 1.54) is 6.07 Å². The van der Waals surface area contributed by atoms with Crippen LogP contribution < -0.4 is 14.4 Å². The third-order valence-electron chi connectivity index (χ3n) is 5.55. The van der Waals surface area contributed by atoms with E-state index in [2.05, 4.69) is 15.0 Å². The van der Waals surface area contributed by atoms with Crippen LogP contribution in [0.2, 0.25) is 0 Å². The second-order valence-corrected chi connectivity index (χ2v) is 8.74. The normalized spacial score (nSPS) is 13.2. The van der Waals surface area contributed by atoms with Gasteiger partial charge in [0.25, 0.3) is 0 Å². The molecule has 3 aromatic rings. The Hall–Kier alpha value is -3.33. The molecule has 1 aromatic carbocycles. The summed E-state index contributed by atoms with van der Waals surface area (Å²) in [5, 5.41) is 0. The van der Waals surface area contributed by atoms with E-state index in [1.54, 1.807) is 12.3 Å². The third-order valence-corrected chi connectivity index (χ3v) is 5.55. The van der Waals surface area contributed by atoms with Gasteiger partial charge in [-0.2, -0.15) is 0 Å². The maximum absolute atomic E-state index is 14.9. The number of pyridine rings is 1. The van der Waals surface area contributed by atoms with E-state index in [9.17, 15) is 8.78 Å². The first-order valence-corrected chi connectivity index (χ1v) is 11.3. The number of anilines is 1. The lowest BCUT2D eigenvalue weighted by Crippen LogP contribution is -2.38. The van der Waals surface area contributed by atoms with E-state index in [4.69, 9.17) is 9.47 Å². The Balaban J connectivity index is 1.56. The third kappa shape index (κ3) is 5.41. The van der Waals surface area contributed by atoms with Crippen molar-refractivity contribution in [2.75, 3.05) is 45.3 Å². The van der Waals surface area contributed by atoms with Crippen LogP contribution in [0.1, 0.15) is 25.4 Å². The summed E-state index contributed by atoms with van der Waals surface area (Å²) in [5.41, 5.74) is 1.70. The van der Waals surface area contributed by atoms with Gasteiger partial charge in [0.1, 0.15) is 30.5 Å². The number of likely N-dealkylation sites (N-methyl/N-ethyl adjacent to an activating group) is 1. The van der Waals surface area contributed by atoms with E-state index in [0.717, 1.165) is 12.7 Å². The fourth-order valence-corrected chi connectivity index (χ4v) is 3.77. The highest BCUT2D eigenvalue weighted by molar-refractivity contribution is 5.72. The highest BCUT2D eigenvalue weighted by Gasteiger charge is 2.25. The molecule has 180 valence electrons. The zero-order valence-corrected chi connectivity index (χ0v) is 19.9. The van der Waals surface area contributed by atoms with Gasteiger partial charge in [0.05, 0.1) is 31.0 Å². The average Bonchev–Trinajstić information content (AvgIpc) is 2.80. The van der Waals surface area contributed by atoms with Crippen LogP contribution in [0, 0.1) is 11.6 Å². The summed E-state index contributed by atoms with van der Waals surface area (Å²) in [6.45, 7) is 6.45. The molecule has 7 nitrogen and oxygen atoms in total. The standard InChI is InChI=1S/C25H29F2N5O2/c1-16(2)32-8-10-34-25-20(26)11-17(12-22(25)32)24-21(27)15-29-23(30-24)13-18-5-6-19(14-28-18)33-9-7-31(3)4/h5-6,11-12,14-16H,7-10,13H2,1-4H3. The van der Waals surface area contributed by atoms with Crippen LogP contribution in [0.4, 0.5) is 14.5 Å². The number of rotatable bonds is 8. The van der Waals surface area contributed by atoms with E-state index < -0.39 is 11.6 Å². The van der Waals surface area contributed by atoms with E-state index in [-0.39, 0.29) is 17.5 Å². The van der Waals surface area contributed by atoms with Crippen molar-refractivity contribution >= 4 is 5.69 Å². The highest BCUT2D eigenvalue weighted by atomic mass is 19.1. The Kier molecular flexibility index (Phi) is 7.21. The summed E-state index contributed by atoms with van der Waals surface area (Å²) >= 11 is 0. The Bertz CT molecular complexity index is 1140. The van der Waals surface area contributed by atoms with Crippen LogP contribution in [0.25, 0.3) is 11.3 Å². The van der Waals surface area contributed by atoms with Crippen molar-refractivity contribution in [3.05, 3.63) is 59.8 Å². The summed E-state index contributed by atoms with van der Waals surface area (Å²) in [7, 11) is 3.96. The zero-order valence-electron chi connectivity index (χ0n) is 19.9. The summed E-state index contributed by atoms with van der Waals surface area (Å²) in [5.74, 6) is 0.0981. The minimum atomic E-state index is -0.617. The van der Waals surface area contributed by atoms with Crippen LogP contribution in [0.3, 0.4) is 0 Å². The molecular formula is C25H29F2N5O2. The van der Waals surface area contributed by atoms with Gasteiger partial charge in [-0.25, -0.2) is 18.7 Å². The van der Waals surface area contributed by atoms with Gasteiger partial charge in [-0.1, -0.05) is 0 Å². The molecule has 3 heterocycles. The lowest BCUT2D eigenvalue weighted by molar-refractivity contribution is 0.260. The number of fused-ring (bicyclic) bond motifs is 1. The number of ether oxygens (including phenoxy) is 2. The molecule has 2 aromatic heterocycles. The summed E-state index contributed by atoms with van der Waals surface area (Å²) in [6.07, 6.45) is 3.07. The maximum atomic E-state index is 14.9. The molecule has 0 N–H and O–H groups in total. The lowest BCUT2D eigenvalue weighted by atomic mass is 10.1. The summed E-state index contributed by atoms with van der Waals surface area (Å²) in [4.78, 5) is 17.0. The quantitative estimate of drug-likeness (QED) is 0.495. The van der Waals surface area contributed by atoms with Crippen molar-refractivity contribution in [1.29, 1.82) is 0 Å². The smallest absolute Gasteiger partial charge is 0.178 e. The molecule has 0 amide bonds. The molecule has 0 aliphatic carbocycles. The first kappa shape index (κ1) is 23.8. The number of aromatic nitrogens is 3. The zero-order chi connectivity index (χ0) is 24.2. The number of halogens is 2. The molecule has 0 fully saturated rings. The molecule has 0 saturated carbocycles. The molecule has 0 bridgehead atoms. The number of nitrogens with zero attached hydrogens (tertiary/aromatic N) is 5. The van der Waals surface area contributed by atoms with Crippen molar-refractivity contribution in [3.63, 3.8) is 0 Å². The van der Waals surface area contributed by atoms with Gasteiger partial charge in [-0.3, -0.25) is 4.98 Å². The number of hydrogen-bond acceptors (Lipinski definition) is 7.